The number of aliphatic carboxylic acids is 1. The molecule has 1 spiro atoms. The maximum absolute atomic E-state index is 14.0. The van der Waals surface area contributed by atoms with Gasteiger partial charge >= 0.3 is 5.97 Å². The zero-order valence-corrected chi connectivity index (χ0v) is 22.1. The van der Waals surface area contributed by atoms with E-state index in [-0.39, 0.29) is 29.1 Å². The molecule has 1 amide bonds. The third-order valence-corrected chi connectivity index (χ3v) is 9.21. The number of carbonyl (C=O) groups excluding carboxylic acids is 1. The Hall–Kier alpha value is -3.65. The van der Waals surface area contributed by atoms with Crippen LogP contribution in [0.1, 0.15) is 46.5 Å². The second-order valence-electron chi connectivity index (χ2n) is 10.8. The van der Waals surface area contributed by atoms with Crippen LogP contribution in [0.25, 0.3) is 21.3 Å². The lowest BCUT2D eigenvalue weighted by molar-refractivity contribution is -0.155. The number of carbonyl (C=O) groups is 2. The Labute approximate surface area is 224 Å². The minimum absolute atomic E-state index is 0.0574. The summed E-state index contributed by atoms with van der Waals surface area (Å²) in [6.45, 7) is 2.59. The number of halogens is 1. The number of nitrogens with one attached hydrogen (secondary N) is 1. The van der Waals surface area contributed by atoms with Gasteiger partial charge in [-0.3, -0.25) is 9.59 Å². The van der Waals surface area contributed by atoms with E-state index in [1.54, 1.807) is 11.3 Å². The first-order valence-corrected chi connectivity index (χ1v) is 13.6. The highest BCUT2D eigenvalue weighted by Gasteiger charge is 2.55. The van der Waals surface area contributed by atoms with Gasteiger partial charge in [0, 0.05) is 29.7 Å². The highest BCUT2D eigenvalue weighted by atomic mass is 32.1. The molecule has 4 aromatic rings. The van der Waals surface area contributed by atoms with Gasteiger partial charge in [0.2, 0.25) is 0 Å². The predicted octanol–water partition coefficient (Wildman–Crippen LogP) is 6.25. The van der Waals surface area contributed by atoms with Crippen molar-refractivity contribution in [3.63, 3.8) is 0 Å². The van der Waals surface area contributed by atoms with Crippen LogP contribution in [-0.2, 0) is 11.3 Å². The zero-order valence-electron chi connectivity index (χ0n) is 21.3. The Balaban J connectivity index is 1.17. The van der Waals surface area contributed by atoms with E-state index < -0.39 is 5.97 Å². The topological polar surface area (TPSA) is 80.6 Å². The van der Waals surface area contributed by atoms with Crippen LogP contribution in [0.15, 0.2) is 54.7 Å². The van der Waals surface area contributed by atoms with Gasteiger partial charge in [-0.25, -0.2) is 4.39 Å². The first-order valence-electron chi connectivity index (χ1n) is 12.8. The van der Waals surface area contributed by atoms with Gasteiger partial charge in [-0.05, 0) is 72.9 Å². The van der Waals surface area contributed by atoms with Gasteiger partial charge in [-0.1, -0.05) is 24.3 Å². The molecule has 6 nitrogen and oxygen atoms in total. The summed E-state index contributed by atoms with van der Waals surface area (Å²) in [5.74, 6) is -0.848. The van der Waals surface area contributed by atoms with Gasteiger partial charge in [0.1, 0.15) is 11.6 Å². The molecule has 0 atom stereocenters. The highest BCUT2D eigenvalue weighted by Crippen LogP contribution is 2.58. The molecule has 0 radical (unpaired) electrons. The number of hydrogen-bond donors (Lipinski definition) is 2. The maximum atomic E-state index is 14.0. The fourth-order valence-electron chi connectivity index (χ4n) is 6.27. The number of methoxy groups -OCH3 is 1. The van der Waals surface area contributed by atoms with E-state index >= 15 is 0 Å². The molecule has 0 unspecified atom stereocenters. The van der Waals surface area contributed by atoms with Crippen molar-refractivity contribution in [2.24, 2.45) is 11.3 Å². The SMILES string of the molecule is COc1cc(F)cc(-c2ccc(Cn3ccc4sc(C)c(C(=O)NC5CC6(C5)CC(C(=O)O)C6)c43)cc2)c1. The Bertz CT molecular complexity index is 1540. The van der Waals surface area contributed by atoms with E-state index in [2.05, 4.69) is 16.0 Å². The van der Waals surface area contributed by atoms with Gasteiger partial charge in [-0.15, -0.1) is 11.3 Å². The second kappa shape index (κ2) is 9.27. The summed E-state index contributed by atoms with van der Waals surface area (Å²) >= 11 is 1.62. The van der Waals surface area contributed by atoms with E-state index in [4.69, 9.17) is 9.84 Å². The number of hydrogen-bond acceptors (Lipinski definition) is 4. The Morgan fingerprint density at radius 3 is 2.53 bits per heavy atom. The molecule has 2 aromatic carbocycles. The van der Waals surface area contributed by atoms with Gasteiger partial charge in [0.05, 0.1) is 28.8 Å². The van der Waals surface area contributed by atoms with Crippen LogP contribution in [0.3, 0.4) is 0 Å². The molecule has 2 aliphatic carbocycles. The quantitative estimate of drug-likeness (QED) is 0.295. The first-order chi connectivity index (χ1) is 18.2. The minimum Gasteiger partial charge on any atom is -0.497 e. The second-order valence-corrected chi connectivity index (χ2v) is 12.0. The number of amides is 1. The summed E-state index contributed by atoms with van der Waals surface area (Å²) < 4.78 is 22.3. The summed E-state index contributed by atoms with van der Waals surface area (Å²) in [4.78, 5) is 25.5. The fraction of sp³-hybridized carbons (Fsp3) is 0.333. The van der Waals surface area contributed by atoms with Crippen LogP contribution in [0.4, 0.5) is 4.39 Å². The summed E-state index contributed by atoms with van der Waals surface area (Å²) in [6.07, 6.45) is 5.19. The average Bonchev–Trinajstić information content (AvgIpc) is 3.37. The van der Waals surface area contributed by atoms with E-state index in [0.29, 0.717) is 12.3 Å². The van der Waals surface area contributed by atoms with Crippen molar-refractivity contribution in [2.75, 3.05) is 7.11 Å². The monoisotopic (exact) mass is 532 g/mol. The molecular weight excluding hydrogens is 503 g/mol. The molecular formula is C30H29FN2O4S. The van der Waals surface area contributed by atoms with Gasteiger partial charge in [-0.2, -0.15) is 0 Å². The molecule has 0 bridgehead atoms. The molecule has 38 heavy (non-hydrogen) atoms. The number of benzene rings is 2. The van der Waals surface area contributed by atoms with Gasteiger partial charge < -0.3 is 19.7 Å². The average molecular weight is 533 g/mol. The van der Waals surface area contributed by atoms with Crippen LogP contribution >= 0.6 is 11.3 Å². The number of aromatic nitrogens is 1. The van der Waals surface area contributed by atoms with E-state index in [1.807, 2.05) is 43.5 Å². The normalized spacial score (nSPS) is 22.2. The number of nitrogens with zero attached hydrogens (tertiary/aromatic N) is 1. The summed E-state index contributed by atoms with van der Waals surface area (Å²) in [5.41, 5.74) is 4.49. The van der Waals surface area contributed by atoms with E-state index in [0.717, 1.165) is 63.0 Å². The smallest absolute Gasteiger partial charge is 0.306 e. The van der Waals surface area contributed by atoms with E-state index in [9.17, 15) is 14.0 Å². The van der Waals surface area contributed by atoms with Gasteiger partial charge in [0.25, 0.3) is 5.91 Å². The van der Waals surface area contributed by atoms with E-state index in [1.165, 1.54) is 19.2 Å². The molecule has 2 saturated carbocycles. The van der Waals surface area contributed by atoms with Crippen molar-refractivity contribution in [3.05, 3.63) is 76.5 Å². The van der Waals surface area contributed by atoms with Crippen molar-refractivity contribution >= 4 is 33.4 Å². The molecule has 2 aliphatic rings. The number of fused-ring (bicyclic) bond motifs is 1. The third-order valence-electron chi connectivity index (χ3n) is 8.15. The zero-order chi connectivity index (χ0) is 26.6. The Morgan fingerprint density at radius 1 is 1.11 bits per heavy atom. The number of carboxylic acids is 1. The highest BCUT2D eigenvalue weighted by molar-refractivity contribution is 7.19. The number of rotatable bonds is 7. The maximum Gasteiger partial charge on any atom is 0.306 e. The van der Waals surface area contributed by atoms with Crippen LogP contribution in [-0.4, -0.2) is 34.7 Å². The van der Waals surface area contributed by atoms with Crippen LogP contribution in [0.5, 0.6) is 5.75 Å². The fourth-order valence-corrected chi connectivity index (χ4v) is 7.34. The van der Waals surface area contributed by atoms with Crippen LogP contribution < -0.4 is 10.1 Å². The lowest BCUT2D eigenvalue weighted by Gasteiger charge is -2.56. The number of carboxylic acid groups (broad SMARTS) is 1. The lowest BCUT2D eigenvalue weighted by atomic mass is 9.50. The molecule has 196 valence electrons. The molecule has 0 saturated heterocycles. The largest absolute Gasteiger partial charge is 0.497 e. The van der Waals surface area contributed by atoms with Crippen molar-refractivity contribution in [1.82, 2.24) is 9.88 Å². The third kappa shape index (κ3) is 4.36. The summed E-state index contributed by atoms with van der Waals surface area (Å²) in [5, 5.41) is 12.4. The molecule has 2 N–H and O–H groups in total. The minimum atomic E-state index is -0.705. The molecule has 6 rings (SSSR count). The predicted molar refractivity (Wildman–Crippen MR) is 145 cm³/mol. The Kier molecular flexibility index (Phi) is 6.02. The van der Waals surface area contributed by atoms with Crippen LogP contribution in [0.2, 0.25) is 0 Å². The van der Waals surface area contributed by atoms with Crippen molar-refractivity contribution in [1.29, 1.82) is 0 Å². The molecule has 0 aliphatic heterocycles. The Morgan fingerprint density at radius 2 is 1.84 bits per heavy atom. The molecule has 2 aromatic heterocycles. The summed E-state index contributed by atoms with van der Waals surface area (Å²) in [6, 6.07) is 14.8. The van der Waals surface area contributed by atoms with Crippen molar-refractivity contribution in [3.8, 4) is 16.9 Å². The summed E-state index contributed by atoms with van der Waals surface area (Å²) in [7, 11) is 1.52. The van der Waals surface area contributed by atoms with Crippen LogP contribution in [0, 0.1) is 24.1 Å². The lowest BCUT2D eigenvalue weighted by Crippen LogP contribution is -2.57. The standard InChI is InChI=1S/C30H29FN2O4S/c1-17-26(28(34)32-23-14-30(15-23)12-21(13-30)29(35)36)27-25(38-17)7-8-33(27)16-18-3-5-19(6-4-18)20-9-22(31)11-24(10-20)37-2/h3-11,21,23H,12-16H2,1-2H3,(H,32,34)(H,35,36). The first kappa shape index (κ1) is 24.7. The number of ether oxygens (including phenoxy) is 1. The molecule has 2 fully saturated rings. The number of thiophene rings is 1. The molecule has 2 heterocycles. The van der Waals surface area contributed by atoms with Gasteiger partial charge in [0.15, 0.2) is 0 Å². The van der Waals surface area contributed by atoms with Crippen molar-refractivity contribution < 1.29 is 23.8 Å². The van der Waals surface area contributed by atoms with Crippen molar-refractivity contribution in [2.45, 2.75) is 45.2 Å². The number of aryl methyl sites for hydroxylation is 1. The molecule has 8 heteroatoms.